The molecular weight excluding hydrogens is 364 g/mol. The molecule has 0 spiro atoms. The molecule has 0 aromatic carbocycles. The molecule has 158 valence electrons. The zero-order valence-electron chi connectivity index (χ0n) is 19.2. The van der Waals surface area contributed by atoms with Gasteiger partial charge in [0, 0.05) is 6.61 Å². The van der Waals surface area contributed by atoms with Crippen molar-refractivity contribution in [3.8, 4) is 0 Å². The summed E-state index contributed by atoms with van der Waals surface area (Å²) in [6.07, 6.45) is -0.106. The molecule has 0 saturated carbocycles. The van der Waals surface area contributed by atoms with Crippen molar-refractivity contribution in [2.75, 3.05) is 33.4 Å². The monoisotopic (exact) mass is 408 g/mol. The molecule has 0 aliphatic rings. The summed E-state index contributed by atoms with van der Waals surface area (Å²) in [6.45, 7) is 26.3. The van der Waals surface area contributed by atoms with Gasteiger partial charge < -0.3 is 23.1 Å². The highest BCUT2D eigenvalue weighted by molar-refractivity contribution is 6.74. The lowest BCUT2D eigenvalue weighted by molar-refractivity contribution is -0.101. The van der Waals surface area contributed by atoms with E-state index in [4.69, 9.17) is 23.1 Å². The van der Waals surface area contributed by atoms with E-state index in [-0.39, 0.29) is 16.2 Å². The Morgan fingerprint density at radius 2 is 1.04 bits per heavy atom. The average Bonchev–Trinajstić information content (AvgIpc) is 2.45. The Bertz CT molecular complexity index is 352. The Morgan fingerprint density at radius 1 is 0.692 bits per heavy atom. The number of hydrogen-bond donors (Lipinski definition) is 0. The van der Waals surface area contributed by atoms with Gasteiger partial charge in [-0.3, -0.25) is 0 Å². The van der Waals surface area contributed by atoms with Crippen LogP contribution in [-0.2, 0) is 23.1 Å². The van der Waals surface area contributed by atoms with Crippen LogP contribution in [0.4, 0.5) is 0 Å². The van der Waals surface area contributed by atoms with Crippen LogP contribution >= 0.6 is 0 Å². The molecule has 0 atom stereocenters. The Labute approximate surface area is 164 Å². The summed E-state index contributed by atoms with van der Waals surface area (Å²) in [6, 6.07) is 0. The van der Waals surface area contributed by atoms with Crippen molar-refractivity contribution < 1.29 is 23.1 Å². The predicted octanol–water partition coefficient (Wildman–Crippen LogP) is 5.38. The zero-order valence-corrected chi connectivity index (χ0v) is 21.2. The summed E-state index contributed by atoms with van der Waals surface area (Å²) in [5.74, 6) is 0. The first-order valence-corrected chi connectivity index (χ1v) is 15.5. The molecule has 5 nitrogen and oxygen atoms in total. The van der Waals surface area contributed by atoms with Crippen LogP contribution in [0.3, 0.4) is 0 Å². The lowest BCUT2D eigenvalue weighted by Crippen LogP contribution is -2.42. The third-order valence-corrected chi connectivity index (χ3v) is 14.5. The molecule has 0 aromatic rings. The Balaban J connectivity index is 4.19. The third-order valence-electron chi connectivity index (χ3n) is 5.63. The lowest BCUT2D eigenvalue weighted by atomic mass is 10.2. The van der Waals surface area contributed by atoms with E-state index in [0.717, 1.165) is 0 Å². The smallest absolute Gasteiger partial charge is 0.195 e. The van der Waals surface area contributed by atoms with Gasteiger partial charge in [-0.1, -0.05) is 41.5 Å². The van der Waals surface area contributed by atoms with Gasteiger partial charge in [-0.2, -0.15) is 0 Å². The molecule has 0 fully saturated rings. The maximum Gasteiger partial charge on any atom is 0.195 e. The van der Waals surface area contributed by atoms with Crippen molar-refractivity contribution >= 4 is 16.6 Å². The molecule has 0 radical (unpaired) electrons. The van der Waals surface area contributed by atoms with Crippen molar-refractivity contribution in [3.05, 3.63) is 0 Å². The molecule has 0 rings (SSSR count). The number of rotatable bonds is 12. The summed E-state index contributed by atoms with van der Waals surface area (Å²) < 4.78 is 29.2. The van der Waals surface area contributed by atoms with Crippen molar-refractivity contribution in [1.29, 1.82) is 0 Å². The minimum absolute atomic E-state index is 0.106. The molecule has 0 aliphatic heterocycles. The van der Waals surface area contributed by atoms with Gasteiger partial charge in [-0.15, -0.1) is 0 Å². The molecule has 0 saturated heterocycles. The molecular formula is C19H44O5Si2. The standard InChI is InChI=1S/C19H44O5Si2/c1-12-22-17(13-20-15-23-25(8,9)18(2,3)4)14-21-16-24-26(10,11)19(5,6)7/h17H,12-16H2,1-11H3. The minimum Gasteiger partial charge on any atom is -0.395 e. The maximum absolute atomic E-state index is 6.03. The summed E-state index contributed by atoms with van der Waals surface area (Å²) in [5.41, 5.74) is 0. The van der Waals surface area contributed by atoms with E-state index < -0.39 is 16.6 Å². The van der Waals surface area contributed by atoms with E-state index in [9.17, 15) is 0 Å². The quantitative estimate of drug-likeness (QED) is 0.246. The highest BCUT2D eigenvalue weighted by Crippen LogP contribution is 2.37. The van der Waals surface area contributed by atoms with Crippen LogP contribution in [0.5, 0.6) is 0 Å². The zero-order chi connectivity index (χ0) is 20.6. The first-order chi connectivity index (χ1) is 11.6. The Kier molecular flexibility index (Phi) is 10.8. The van der Waals surface area contributed by atoms with E-state index in [0.29, 0.717) is 33.4 Å². The Morgan fingerprint density at radius 3 is 1.31 bits per heavy atom. The minimum atomic E-state index is -1.78. The van der Waals surface area contributed by atoms with Crippen LogP contribution in [0, 0.1) is 0 Å². The maximum atomic E-state index is 6.03. The van der Waals surface area contributed by atoms with Gasteiger partial charge in [0.25, 0.3) is 0 Å². The van der Waals surface area contributed by atoms with Gasteiger partial charge in [0.15, 0.2) is 16.6 Å². The molecule has 0 amide bonds. The van der Waals surface area contributed by atoms with Crippen molar-refractivity contribution in [2.24, 2.45) is 0 Å². The predicted molar refractivity (Wildman–Crippen MR) is 114 cm³/mol. The van der Waals surface area contributed by atoms with Gasteiger partial charge in [-0.05, 0) is 43.2 Å². The highest BCUT2D eigenvalue weighted by Gasteiger charge is 2.38. The fraction of sp³-hybridized carbons (Fsp3) is 1.00. The SMILES string of the molecule is CCOC(COCO[Si](C)(C)C(C)(C)C)COCO[Si](C)(C)C(C)(C)C. The molecule has 7 heteroatoms. The Hall–Kier alpha value is 0.234. The van der Waals surface area contributed by atoms with Crippen molar-refractivity contribution in [2.45, 2.75) is 90.8 Å². The van der Waals surface area contributed by atoms with Crippen LogP contribution in [0.2, 0.25) is 36.3 Å². The van der Waals surface area contributed by atoms with E-state index in [1.165, 1.54) is 0 Å². The van der Waals surface area contributed by atoms with Gasteiger partial charge in [0.1, 0.15) is 19.7 Å². The normalized spacial score (nSPS) is 14.3. The average molecular weight is 409 g/mol. The highest BCUT2D eigenvalue weighted by atomic mass is 28.4. The van der Waals surface area contributed by atoms with E-state index in [1.54, 1.807) is 0 Å². The first kappa shape index (κ1) is 26.2. The molecule has 0 unspecified atom stereocenters. The van der Waals surface area contributed by atoms with Gasteiger partial charge in [0.05, 0.1) is 13.2 Å². The molecule has 0 N–H and O–H groups in total. The molecule has 0 aliphatic carbocycles. The van der Waals surface area contributed by atoms with Crippen LogP contribution in [0.15, 0.2) is 0 Å². The van der Waals surface area contributed by atoms with Crippen molar-refractivity contribution in [1.82, 2.24) is 0 Å². The largest absolute Gasteiger partial charge is 0.395 e. The summed E-state index contributed by atoms with van der Waals surface area (Å²) in [7, 11) is -3.56. The topological polar surface area (TPSA) is 46.2 Å². The van der Waals surface area contributed by atoms with Crippen LogP contribution in [0.25, 0.3) is 0 Å². The van der Waals surface area contributed by atoms with E-state index in [2.05, 4.69) is 67.7 Å². The van der Waals surface area contributed by atoms with E-state index >= 15 is 0 Å². The second kappa shape index (κ2) is 10.7. The second-order valence-corrected chi connectivity index (χ2v) is 19.5. The van der Waals surface area contributed by atoms with E-state index in [1.807, 2.05) is 6.92 Å². The van der Waals surface area contributed by atoms with Gasteiger partial charge in [-0.25, -0.2) is 0 Å². The molecule has 0 heterocycles. The van der Waals surface area contributed by atoms with Crippen LogP contribution < -0.4 is 0 Å². The van der Waals surface area contributed by atoms with Crippen LogP contribution in [0.1, 0.15) is 48.5 Å². The summed E-state index contributed by atoms with van der Waals surface area (Å²) in [5, 5.41) is 0.361. The van der Waals surface area contributed by atoms with Gasteiger partial charge >= 0.3 is 0 Å². The molecule has 0 bridgehead atoms. The lowest BCUT2D eigenvalue weighted by Gasteiger charge is -2.36. The van der Waals surface area contributed by atoms with Gasteiger partial charge in [0.2, 0.25) is 0 Å². The summed E-state index contributed by atoms with van der Waals surface area (Å²) >= 11 is 0. The number of ether oxygens (including phenoxy) is 3. The first-order valence-electron chi connectivity index (χ1n) is 9.69. The fourth-order valence-electron chi connectivity index (χ4n) is 1.55. The fourth-order valence-corrected chi connectivity index (χ4v) is 3.17. The number of hydrogen-bond acceptors (Lipinski definition) is 5. The molecule has 0 aromatic heterocycles. The second-order valence-electron chi connectivity index (χ2n) is 9.86. The van der Waals surface area contributed by atoms with Crippen LogP contribution in [-0.4, -0.2) is 56.1 Å². The van der Waals surface area contributed by atoms with Crippen molar-refractivity contribution in [3.63, 3.8) is 0 Å². The molecule has 26 heavy (non-hydrogen) atoms. The summed E-state index contributed by atoms with van der Waals surface area (Å²) in [4.78, 5) is 0. The third kappa shape index (κ3) is 9.44.